The van der Waals surface area contributed by atoms with Gasteiger partial charge in [0.15, 0.2) is 0 Å². The highest BCUT2D eigenvalue weighted by atomic mass is 19.4. The van der Waals surface area contributed by atoms with Crippen LogP contribution < -0.4 is 5.32 Å². The zero-order chi connectivity index (χ0) is 22.9. The predicted octanol–water partition coefficient (Wildman–Crippen LogP) is 5.62. The zero-order valence-corrected chi connectivity index (χ0v) is 16.2. The standard InChI is InChI=1S/C22H14F4N4O2/c23-10-13-2-5-17(21(31)32)30-20(13)12-1-4-15-16(7-8-27-18(15)9-12)29-19-6-3-14(11-28-19)22(24,25)26/h1-9,11H,10H2,(H,31,32)(H,27,28,29). The topological polar surface area (TPSA) is 88.0 Å². The van der Waals surface area contributed by atoms with Crippen LogP contribution in [0.25, 0.3) is 22.2 Å². The van der Waals surface area contributed by atoms with Gasteiger partial charge in [-0.15, -0.1) is 0 Å². The molecule has 0 unspecified atom stereocenters. The third kappa shape index (κ3) is 4.20. The summed E-state index contributed by atoms with van der Waals surface area (Å²) < 4.78 is 51.6. The van der Waals surface area contributed by atoms with Crippen molar-refractivity contribution in [2.75, 3.05) is 5.32 Å². The summed E-state index contributed by atoms with van der Waals surface area (Å²) in [7, 11) is 0. The second-order valence-electron chi connectivity index (χ2n) is 6.79. The Labute approximate surface area is 178 Å². The van der Waals surface area contributed by atoms with E-state index in [4.69, 9.17) is 0 Å². The van der Waals surface area contributed by atoms with Gasteiger partial charge in [0.25, 0.3) is 0 Å². The molecule has 0 aliphatic rings. The van der Waals surface area contributed by atoms with Crippen molar-refractivity contribution in [1.29, 1.82) is 0 Å². The first-order valence-electron chi connectivity index (χ1n) is 9.25. The van der Waals surface area contributed by atoms with E-state index in [1.807, 2.05) is 0 Å². The number of pyridine rings is 3. The molecule has 0 saturated heterocycles. The molecule has 2 N–H and O–H groups in total. The number of alkyl halides is 4. The number of rotatable bonds is 5. The SMILES string of the molecule is O=C(O)c1ccc(CF)c(-c2ccc3c(Nc4ccc(C(F)(F)F)cn4)ccnc3c2)n1. The van der Waals surface area contributed by atoms with Crippen LogP contribution >= 0.6 is 0 Å². The maximum atomic E-state index is 13.4. The monoisotopic (exact) mass is 442 g/mol. The van der Waals surface area contributed by atoms with Crippen molar-refractivity contribution in [2.24, 2.45) is 0 Å². The van der Waals surface area contributed by atoms with Gasteiger partial charge in [-0.05, 0) is 30.3 Å². The molecule has 0 saturated carbocycles. The average Bonchev–Trinajstić information content (AvgIpc) is 2.78. The van der Waals surface area contributed by atoms with Gasteiger partial charge in [0.2, 0.25) is 0 Å². The fraction of sp³-hybridized carbons (Fsp3) is 0.0909. The van der Waals surface area contributed by atoms with Crippen molar-refractivity contribution in [1.82, 2.24) is 15.0 Å². The molecule has 1 aromatic carbocycles. The van der Waals surface area contributed by atoms with E-state index in [0.29, 0.717) is 22.2 Å². The molecule has 10 heteroatoms. The second-order valence-corrected chi connectivity index (χ2v) is 6.79. The highest BCUT2D eigenvalue weighted by Crippen LogP contribution is 2.32. The van der Waals surface area contributed by atoms with E-state index >= 15 is 0 Å². The van der Waals surface area contributed by atoms with E-state index in [1.54, 1.807) is 24.3 Å². The number of hydrogen-bond donors (Lipinski definition) is 2. The number of aromatic nitrogens is 3. The number of nitrogens with zero attached hydrogens (tertiary/aromatic N) is 3. The van der Waals surface area contributed by atoms with Crippen molar-refractivity contribution in [3.63, 3.8) is 0 Å². The lowest BCUT2D eigenvalue weighted by Gasteiger charge is -2.12. The van der Waals surface area contributed by atoms with E-state index < -0.39 is 24.4 Å². The molecule has 0 spiro atoms. The number of halogens is 4. The van der Waals surface area contributed by atoms with Crippen molar-refractivity contribution in [2.45, 2.75) is 12.9 Å². The first-order valence-corrected chi connectivity index (χ1v) is 9.25. The molecule has 0 aliphatic carbocycles. The van der Waals surface area contributed by atoms with E-state index in [-0.39, 0.29) is 22.8 Å². The van der Waals surface area contributed by atoms with Gasteiger partial charge in [-0.1, -0.05) is 18.2 Å². The molecule has 3 heterocycles. The lowest BCUT2D eigenvalue weighted by molar-refractivity contribution is -0.137. The summed E-state index contributed by atoms with van der Waals surface area (Å²) in [6.45, 7) is -0.825. The van der Waals surface area contributed by atoms with Crippen LogP contribution in [-0.4, -0.2) is 26.0 Å². The average molecular weight is 442 g/mol. The quantitative estimate of drug-likeness (QED) is 0.390. The summed E-state index contributed by atoms with van der Waals surface area (Å²) in [6, 6.07) is 11.3. The van der Waals surface area contributed by atoms with Gasteiger partial charge in [0.1, 0.15) is 18.2 Å². The zero-order valence-electron chi connectivity index (χ0n) is 16.2. The fourth-order valence-electron chi connectivity index (χ4n) is 3.14. The van der Waals surface area contributed by atoms with Crippen LogP contribution in [0.5, 0.6) is 0 Å². The number of fused-ring (bicyclic) bond motifs is 1. The molecule has 4 aromatic rings. The maximum Gasteiger partial charge on any atom is 0.417 e. The van der Waals surface area contributed by atoms with Crippen LogP contribution in [0.2, 0.25) is 0 Å². The van der Waals surface area contributed by atoms with Crippen molar-refractivity contribution >= 4 is 28.4 Å². The summed E-state index contributed by atoms with van der Waals surface area (Å²) in [5.74, 6) is -1.02. The number of carboxylic acid groups (broad SMARTS) is 1. The number of carbonyl (C=O) groups is 1. The number of carboxylic acids is 1. The summed E-state index contributed by atoms with van der Waals surface area (Å²) >= 11 is 0. The molecule has 32 heavy (non-hydrogen) atoms. The van der Waals surface area contributed by atoms with E-state index in [0.717, 1.165) is 12.3 Å². The Balaban J connectivity index is 1.71. The van der Waals surface area contributed by atoms with Crippen LogP contribution in [0.15, 0.2) is 60.9 Å². The maximum absolute atomic E-state index is 13.4. The molecule has 0 bridgehead atoms. The second kappa shape index (κ2) is 8.22. The molecule has 0 aliphatic heterocycles. The summed E-state index contributed by atoms with van der Waals surface area (Å²) in [5.41, 5.74) is 0.876. The summed E-state index contributed by atoms with van der Waals surface area (Å²) in [6.07, 6.45) is -2.24. The van der Waals surface area contributed by atoms with Crippen LogP contribution in [0.1, 0.15) is 21.6 Å². The number of aromatic carboxylic acids is 1. The third-order valence-electron chi connectivity index (χ3n) is 4.71. The molecule has 4 rings (SSSR count). The van der Waals surface area contributed by atoms with Gasteiger partial charge < -0.3 is 10.4 Å². The Morgan fingerprint density at radius 2 is 1.84 bits per heavy atom. The van der Waals surface area contributed by atoms with E-state index in [1.165, 1.54) is 24.4 Å². The molecule has 162 valence electrons. The Morgan fingerprint density at radius 3 is 2.50 bits per heavy atom. The van der Waals surface area contributed by atoms with Crippen molar-refractivity contribution in [3.05, 3.63) is 77.7 Å². The van der Waals surface area contributed by atoms with Crippen LogP contribution in [0, 0.1) is 0 Å². The normalized spacial score (nSPS) is 11.5. The smallest absolute Gasteiger partial charge is 0.417 e. The first kappa shape index (κ1) is 21.2. The largest absolute Gasteiger partial charge is 0.477 e. The van der Waals surface area contributed by atoms with E-state index in [9.17, 15) is 27.5 Å². The Bertz CT molecular complexity index is 1310. The number of nitrogens with one attached hydrogen (secondary N) is 1. The number of benzene rings is 1. The Kier molecular flexibility index (Phi) is 5.43. The van der Waals surface area contributed by atoms with Crippen LogP contribution in [-0.2, 0) is 12.9 Å². The number of anilines is 2. The minimum absolute atomic E-state index is 0.193. The molecule has 0 fully saturated rings. The molecular weight excluding hydrogens is 428 g/mol. The van der Waals surface area contributed by atoms with E-state index in [2.05, 4.69) is 20.3 Å². The van der Waals surface area contributed by atoms with Gasteiger partial charge in [0, 0.05) is 28.9 Å². The minimum Gasteiger partial charge on any atom is -0.477 e. The lowest BCUT2D eigenvalue weighted by Crippen LogP contribution is -2.06. The molecule has 0 amide bonds. The van der Waals surface area contributed by atoms with Gasteiger partial charge >= 0.3 is 12.1 Å². The molecule has 0 atom stereocenters. The van der Waals surface area contributed by atoms with Gasteiger partial charge in [-0.25, -0.2) is 19.2 Å². The van der Waals surface area contributed by atoms with Gasteiger partial charge in [0.05, 0.1) is 22.5 Å². The summed E-state index contributed by atoms with van der Waals surface area (Å²) in [4.78, 5) is 23.4. The summed E-state index contributed by atoms with van der Waals surface area (Å²) in [5, 5.41) is 12.8. The highest BCUT2D eigenvalue weighted by molar-refractivity contribution is 5.95. The van der Waals surface area contributed by atoms with Crippen LogP contribution in [0.4, 0.5) is 29.1 Å². The molecule has 3 aromatic heterocycles. The Morgan fingerprint density at radius 1 is 1.03 bits per heavy atom. The molecule has 0 radical (unpaired) electrons. The van der Waals surface area contributed by atoms with Gasteiger partial charge in [-0.2, -0.15) is 13.2 Å². The van der Waals surface area contributed by atoms with Crippen LogP contribution in [0.3, 0.4) is 0 Å². The number of hydrogen-bond acceptors (Lipinski definition) is 5. The van der Waals surface area contributed by atoms with Crippen molar-refractivity contribution in [3.8, 4) is 11.3 Å². The van der Waals surface area contributed by atoms with Gasteiger partial charge in [-0.3, -0.25) is 4.98 Å². The van der Waals surface area contributed by atoms with Crippen molar-refractivity contribution < 1.29 is 27.5 Å². The fourth-order valence-corrected chi connectivity index (χ4v) is 3.14. The Hall–Kier alpha value is -4.08. The predicted molar refractivity (Wildman–Crippen MR) is 109 cm³/mol. The highest BCUT2D eigenvalue weighted by Gasteiger charge is 2.30. The minimum atomic E-state index is -4.48. The molecule has 6 nitrogen and oxygen atoms in total. The lowest BCUT2D eigenvalue weighted by atomic mass is 10.0. The first-order chi connectivity index (χ1) is 15.3. The molecular formula is C22H14F4N4O2. The third-order valence-corrected chi connectivity index (χ3v) is 4.71.